The average molecular weight is 716 g/mol. The molecule has 0 unspecified atom stereocenters. The van der Waals surface area contributed by atoms with Gasteiger partial charge in [0, 0.05) is 54.0 Å². The van der Waals surface area contributed by atoms with Crippen LogP contribution in [0.2, 0.25) is 0 Å². The van der Waals surface area contributed by atoms with Crippen LogP contribution in [0.3, 0.4) is 0 Å². The fourth-order valence-electron chi connectivity index (χ4n) is 4.80. The molecule has 16 heteroatoms. The zero-order valence-corrected chi connectivity index (χ0v) is 29.2. The van der Waals surface area contributed by atoms with Gasteiger partial charge in [0.15, 0.2) is 10.3 Å². The Hall–Kier alpha value is -5.19. The monoisotopic (exact) mass is 715 g/mol. The number of unbranched alkanes of at least 4 members (excludes halogenated alkanes) is 1. The molecule has 0 saturated heterocycles. The summed E-state index contributed by atoms with van der Waals surface area (Å²) in [5, 5.41) is 23.9. The molecular weight excluding hydrogens is 679 g/mol. The van der Waals surface area contributed by atoms with Crippen molar-refractivity contribution < 1.29 is 24.3 Å². The third-order valence-electron chi connectivity index (χ3n) is 7.19. The summed E-state index contributed by atoms with van der Waals surface area (Å²) in [5.41, 5.74) is 6.25. The van der Waals surface area contributed by atoms with Crippen LogP contribution < -0.4 is 20.9 Å². The first kappa shape index (κ1) is 36.1. The molecule has 3 aromatic heterocycles. The maximum atomic E-state index is 12.5. The third-order valence-corrected chi connectivity index (χ3v) is 8.95. The number of ether oxygens (including phenoxy) is 1. The molecule has 0 aliphatic carbocycles. The van der Waals surface area contributed by atoms with Gasteiger partial charge in [-0.2, -0.15) is 0 Å². The van der Waals surface area contributed by atoms with Crippen LogP contribution in [-0.2, 0) is 35.7 Å². The lowest BCUT2D eigenvalue weighted by Crippen LogP contribution is -2.22. The lowest BCUT2D eigenvalue weighted by molar-refractivity contribution is -0.121. The van der Waals surface area contributed by atoms with E-state index in [0.717, 1.165) is 33.8 Å². The molecule has 0 bridgehead atoms. The van der Waals surface area contributed by atoms with Crippen molar-refractivity contribution in [2.75, 3.05) is 11.1 Å². The molecule has 3 amide bonds. The Kier molecular flexibility index (Phi) is 13.0. The molecule has 0 aliphatic rings. The number of aryl methyl sites for hydroxylation is 3. The van der Waals surface area contributed by atoms with Crippen LogP contribution in [-0.4, -0.2) is 58.6 Å². The number of hydrogen-bond donors (Lipinski definition) is 4. The Balaban J connectivity index is 0.985. The first-order chi connectivity index (χ1) is 24.2. The predicted octanol–water partition coefficient (Wildman–Crippen LogP) is 4.65. The molecule has 50 heavy (non-hydrogen) atoms. The van der Waals surface area contributed by atoms with E-state index in [-0.39, 0.29) is 24.2 Å². The van der Waals surface area contributed by atoms with E-state index in [1.54, 1.807) is 40.6 Å². The molecule has 4 N–H and O–H groups in total. The van der Waals surface area contributed by atoms with Gasteiger partial charge in [-0.15, -0.1) is 16.4 Å². The van der Waals surface area contributed by atoms with Crippen LogP contribution in [0.1, 0.15) is 62.7 Å². The second-order valence-electron chi connectivity index (χ2n) is 11.4. The smallest absolute Gasteiger partial charge is 0.274 e. The van der Waals surface area contributed by atoms with E-state index in [4.69, 9.17) is 9.94 Å². The highest BCUT2D eigenvalue weighted by Crippen LogP contribution is 2.24. The normalized spacial score (nSPS) is 10.9. The highest BCUT2D eigenvalue weighted by molar-refractivity contribution is 7.99. The molecule has 2 aromatic carbocycles. The second-order valence-corrected chi connectivity index (χ2v) is 13.4. The van der Waals surface area contributed by atoms with Crippen molar-refractivity contribution >= 4 is 46.0 Å². The number of hydroxylamine groups is 1. The Labute approximate surface area is 297 Å². The van der Waals surface area contributed by atoms with Crippen LogP contribution in [0, 0.1) is 13.8 Å². The van der Waals surface area contributed by atoms with Gasteiger partial charge in [-0.1, -0.05) is 41.2 Å². The van der Waals surface area contributed by atoms with Crippen LogP contribution in [0.4, 0.5) is 5.13 Å². The van der Waals surface area contributed by atoms with Crippen molar-refractivity contribution in [1.29, 1.82) is 0 Å². The van der Waals surface area contributed by atoms with E-state index in [2.05, 4.69) is 35.9 Å². The summed E-state index contributed by atoms with van der Waals surface area (Å²) in [5.74, 6) is 0.0915. The minimum Gasteiger partial charge on any atom is -0.487 e. The van der Waals surface area contributed by atoms with Gasteiger partial charge in [0.2, 0.25) is 11.8 Å². The zero-order valence-electron chi connectivity index (χ0n) is 27.6. The number of carbonyl (C=O) groups is 3. The van der Waals surface area contributed by atoms with Crippen molar-refractivity contribution in [3.8, 4) is 5.75 Å². The van der Waals surface area contributed by atoms with Crippen molar-refractivity contribution in [3.63, 3.8) is 0 Å². The van der Waals surface area contributed by atoms with E-state index in [1.165, 1.54) is 23.1 Å². The molecule has 14 nitrogen and oxygen atoms in total. The van der Waals surface area contributed by atoms with Crippen LogP contribution in [0.25, 0.3) is 0 Å². The molecule has 5 rings (SSSR count). The lowest BCUT2D eigenvalue weighted by Gasteiger charge is -2.07. The Morgan fingerprint density at radius 2 is 1.78 bits per heavy atom. The number of hydrogen-bond acceptors (Lipinski definition) is 12. The van der Waals surface area contributed by atoms with Crippen LogP contribution >= 0.6 is 23.1 Å². The number of thioether (sulfide) groups is 1. The van der Waals surface area contributed by atoms with E-state index < -0.39 is 5.91 Å². The molecule has 3 heterocycles. The topological polar surface area (TPSA) is 186 Å². The summed E-state index contributed by atoms with van der Waals surface area (Å²) < 4.78 is 7.73. The maximum absolute atomic E-state index is 12.5. The van der Waals surface area contributed by atoms with Crippen molar-refractivity contribution in [2.24, 2.45) is 0 Å². The summed E-state index contributed by atoms with van der Waals surface area (Å²) in [4.78, 5) is 50.2. The lowest BCUT2D eigenvalue weighted by atomic mass is 10.1. The van der Waals surface area contributed by atoms with Gasteiger partial charge in [-0.25, -0.2) is 20.4 Å². The first-order valence-corrected chi connectivity index (χ1v) is 17.6. The second kappa shape index (κ2) is 18.0. The van der Waals surface area contributed by atoms with Crippen molar-refractivity contribution in [2.45, 2.75) is 64.4 Å². The predicted molar refractivity (Wildman–Crippen MR) is 188 cm³/mol. The fraction of sp³-hybridized carbons (Fsp3) is 0.294. The molecular formula is C34H37N9O5S2. The molecule has 260 valence electrons. The number of nitrogens with zero attached hydrogens (tertiary/aromatic N) is 6. The number of aromatic nitrogens is 6. The number of benzene rings is 2. The largest absolute Gasteiger partial charge is 0.487 e. The van der Waals surface area contributed by atoms with Gasteiger partial charge in [0.25, 0.3) is 5.91 Å². The summed E-state index contributed by atoms with van der Waals surface area (Å²) in [6.07, 6.45) is 6.08. The van der Waals surface area contributed by atoms with E-state index in [0.29, 0.717) is 59.6 Å². The van der Waals surface area contributed by atoms with Gasteiger partial charge in [-0.3, -0.25) is 24.3 Å². The Morgan fingerprint density at radius 1 is 0.980 bits per heavy atom. The minimum absolute atomic E-state index is 0.0608. The zero-order chi connectivity index (χ0) is 35.3. The number of thiazole rings is 1. The van der Waals surface area contributed by atoms with Gasteiger partial charge >= 0.3 is 0 Å². The van der Waals surface area contributed by atoms with Crippen molar-refractivity contribution in [3.05, 3.63) is 106 Å². The van der Waals surface area contributed by atoms with Gasteiger partial charge in [0.05, 0.1) is 11.9 Å². The summed E-state index contributed by atoms with van der Waals surface area (Å²) in [6, 6.07) is 16.3. The summed E-state index contributed by atoms with van der Waals surface area (Å²) in [7, 11) is 0. The highest BCUT2D eigenvalue weighted by atomic mass is 32.2. The Bertz CT molecular complexity index is 1890. The number of anilines is 1. The molecule has 5 aromatic rings. The fourth-order valence-corrected chi connectivity index (χ4v) is 6.41. The molecule has 0 aliphatic heterocycles. The first-order valence-electron chi connectivity index (χ1n) is 15.8. The van der Waals surface area contributed by atoms with Crippen LogP contribution in [0.15, 0.2) is 72.1 Å². The number of carbonyl (C=O) groups excluding carboxylic acids is 3. The quantitative estimate of drug-likeness (QED) is 0.0345. The van der Waals surface area contributed by atoms with Gasteiger partial charge in [0.1, 0.15) is 18.1 Å². The van der Waals surface area contributed by atoms with E-state index >= 15 is 0 Å². The number of amides is 3. The summed E-state index contributed by atoms with van der Waals surface area (Å²) in [6.45, 7) is 5.05. The molecule has 0 fully saturated rings. The summed E-state index contributed by atoms with van der Waals surface area (Å²) >= 11 is 2.72. The Morgan fingerprint density at radius 3 is 2.56 bits per heavy atom. The maximum Gasteiger partial charge on any atom is 0.274 e. The molecule has 0 atom stereocenters. The molecule has 0 spiro atoms. The average Bonchev–Trinajstić information content (AvgIpc) is 3.76. The molecule has 0 saturated carbocycles. The number of nitrogens with one attached hydrogen (secondary N) is 3. The van der Waals surface area contributed by atoms with E-state index in [9.17, 15) is 14.4 Å². The van der Waals surface area contributed by atoms with E-state index in [1.807, 2.05) is 50.4 Å². The van der Waals surface area contributed by atoms with Crippen molar-refractivity contribution in [1.82, 2.24) is 40.7 Å². The SMILES string of the molecule is Cc1cc(C)nc(SCC(=O)Nc2ncc(Cc3cccc(OCc4cn(CCCCC(=O)NCc5ccc(C(=O)NO)cc5)nn4)c3)s2)n1. The van der Waals surface area contributed by atoms with Crippen LogP contribution in [0.5, 0.6) is 5.75 Å². The van der Waals surface area contributed by atoms with Gasteiger partial charge in [-0.05, 0) is 68.1 Å². The van der Waals surface area contributed by atoms with Gasteiger partial charge < -0.3 is 15.4 Å². The standard InChI is InChI=1S/C34H37N9O5S2/c1-22-14-23(2)38-34(37-22)49-21-31(45)39-33-36-18-29(50-33)16-25-6-5-7-28(15-25)48-20-27-19-43(42-40-27)13-4-3-8-30(44)35-17-24-9-11-26(12-10-24)32(46)41-47/h5-7,9-12,14-15,18-19,47H,3-4,8,13,16-17,20-21H2,1-2H3,(H,35,44)(H,41,46)(H,36,39,45). The molecule has 0 radical (unpaired) electrons. The minimum atomic E-state index is -0.585. The third kappa shape index (κ3) is 11.5. The number of rotatable bonds is 17. The highest BCUT2D eigenvalue weighted by Gasteiger charge is 2.11.